The van der Waals surface area contributed by atoms with E-state index in [4.69, 9.17) is 27.9 Å². The highest BCUT2D eigenvalue weighted by atomic mass is 35.5. The summed E-state index contributed by atoms with van der Waals surface area (Å²) in [4.78, 5) is 28.3. The fourth-order valence-electron chi connectivity index (χ4n) is 3.47. The summed E-state index contributed by atoms with van der Waals surface area (Å²) >= 11 is 11.8. The van der Waals surface area contributed by atoms with Crippen molar-refractivity contribution in [2.24, 2.45) is 0 Å². The van der Waals surface area contributed by atoms with Crippen molar-refractivity contribution < 1.29 is 32.5 Å². The molecular formula is C22H19Cl2F3N8O6. The van der Waals surface area contributed by atoms with Crippen LogP contribution in [0.15, 0.2) is 24.5 Å². The summed E-state index contributed by atoms with van der Waals surface area (Å²) in [6.45, 7) is 4.77. The number of aromatic nitrogens is 6. The summed E-state index contributed by atoms with van der Waals surface area (Å²) in [6, 6.07) is 2.31. The molecule has 0 N–H and O–H groups in total. The minimum Gasteiger partial charge on any atom is -0.481 e. The van der Waals surface area contributed by atoms with Crippen molar-refractivity contribution in [3.63, 3.8) is 0 Å². The monoisotopic (exact) mass is 618 g/mol. The maximum atomic E-state index is 12.8. The van der Waals surface area contributed by atoms with E-state index in [2.05, 4.69) is 24.9 Å². The van der Waals surface area contributed by atoms with Gasteiger partial charge in [-0.25, -0.2) is 9.36 Å². The Morgan fingerprint density at radius 3 is 1.68 bits per heavy atom. The van der Waals surface area contributed by atoms with E-state index in [0.29, 0.717) is 22.6 Å². The van der Waals surface area contributed by atoms with Gasteiger partial charge in [0.25, 0.3) is 0 Å². The van der Waals surface area contributed by atoms with Crippen LogP contribution in [0.2, 0.25) is 10.0 Å². The second kappa shape index (κ2) is 11.9. The number of methoxy groups -OCH3 is 2. The van der Waals surface area contributed by atoms with Gasteiger partial charge < -0.3 is 9.47 Å². The first kappa shape index (κ1) is 31.0. The second-order valence-corrected chi connectivity index (χ2v) is 8.85. The van der Waals surface area contributed by atoms with E-state index in [1.54, 1.807) is 19.9 Å². The third-order valence-electron chi connectivity index (χ3n) is 5.48. The molecule has 14 nitrogen and oxygen atoms in total. The van der Waals surface area contributed by atoms with Gasteiger partial charge in [0.2, 0.25) is 11.8 Å². The predicted molar refractivity (Wildman–Crippen MR) is 138 cm³/mol. The first-order chi connectivity index (χ1) is 19.1. The molecule has 0 aliphatic carbocycles. The molecule has 4 aromatic rings. The number of nitrogens with zero attached hydrogens (tertiary/aromatic N) is 8. The second-order valence-electron chi connectivity index (χ2n) is 8.04. The molecule has 0 amide bonds. The van der Waals surface area contributed by atoms with Crippen molar-refractivity contribution in [3.8, 4) is 23.4 Å². The van der Waals surface area contributed by atoms with Gasteiger partial charge in [0.1, 0.15) is 34.4 Å². The molecule has 0 atom stereocenters. The van der Waals surface area contributed by atoms with Gasteiger partial charge in [0, 0.05) is 0 Å². The highest BCUT2D eigenvalue weighted by Crippen LogP contribution is 2.38. The van der Waals surface area contributed by atoms with Crippen molar-refractivity contribution in [2.45, 2.75) is 26.9 Å². The topological polar surface area (TPSA) is 166 Å². The Bertz CT molecular complexity index is 1640. The van der Waals surface area contributed by atoms with Crippen LogP contribution in [0.1, 0.15) is 22.5 Å². The zero-order valence-electron chi connectivity index (χ0n) is 21.7. The minimum absolute atomic E-state index is 0.0601. The van der Waals surface area contributed by atoms with Gasteiger partial charge in [0.15, 0.2) is 11.6 Å². The molecule has 4 aromatic heterocycles. The Kier molecular flexibility index (Phi) is 9.03. The van der Waals surface area contributed by atoms with E-state index in [9.17, 15) is 33.4 Å². The van der Waals surface area contributed by atoms with Crippen LogP contribution in [0, 0.1) is 41.0 Å². The lowest BCUT2D eigenvalue weighted by Gasteiger charge is -2.14. The van der Waals surface area contributed by atoms with Crippen LogP contribution in [-0.2, 0) is 6.18 Å². The number of rotatable bonds is 6. The summed E-state index contributed by atoms with van der Waals surface area (Å²) in [6.07, 6.45) is -2.55. The Balaban J connectivity index is 0.000000228. The lowest BCUT2D eigenvalue weighted by atomic mass is 10.2. The zero-order chi connectivity index (χ0) is 30.8. The molecule has 0 saturated carbocycles. The molecule has 4 heterocycles. The highest BCUT2D eigenvalue weighted by Gasteiger charge is 2.37. The van der Waals surface area contributed by atoms with Crippen LogP contribution in [-0.4, -0.2) is 53.6 Å². The molecule has 0 aromatic carbocycles. The molecule has 0 radical (unpaired) electrons. The fourth-order valence-corrected chi connectivity index (χ4v) is 3.98. The average molecular weight is 619 g/mol. The highest BCUT2D eigenvalue weighted by molar-refractivity contribution is 6.32. The maximum Gasteiger partial charge on any atom is 0.421 e. The molecule has 0 aliphatic rings. The van der Waals surface area contributed by atoms with Crippen molar-refractivity contribution in [1.29, 1.82) is 0 Å². The number of pyridine rings is 2. The first-order valence-corrected chi connectivity index (χ1v) is 11.8. The molecule has 0 aliphatic heterocycles. The Morgan fingerprint density at radius 1 is 0.805 bits per heavy atom. The van der Waals surface area contributed by atoms with E-state index in [0.717, 1.165) is 23.6 Å². The summed E-state index contributed by atoms with van der Waals surface area (Å²) in [5.41, 5.74) is -0.312. The largest absolute Gasteiger partial charge is 0.481 e. The Hall–Kier alpha value is -4.51. The summed E-state index contributed by atoms with van der Waals surface area (Å²) < 4.78 is 50.6. The zero-order valence-corrected chi connectivity index (χ0v) is 23.2. The third kappa shape index (κ3) is 6.30. The van der Waals surface area contributed by atoms with Crippen LogP contribution >= 0.6 is 23.2 Å². The van der Waals surface area contributed by atoms with Gasteiger partial charge in [-0.3, -0.25) is 20.2 Å². The van der Waals surface area contributed by atoms with Gasteiger partial charge in [-0.05, 0) is 38.5 Å². The molecule has 0 fully saturated rings. The fraction of sp³-hybridized carbons (Fsp3) is 0.273. The van der Waals surface area contributed by atoms with E-state index in [1.807, 2.05) is 0 Å². The number of halogens is 5. The Morgan fingerprint density at radius 2 is 1.27 bits per heavy atom. The number of ether oxygens (including phenoxy) is 2. The molecule has 4 rings (SSSR count). The van der Waals surface area contributed by atoms with Crippen molar-refractivity contribution in [2.75, 3.05) is 14.2 Å². The van der Waals surface area contributed by atoms with Crippen molar-refractivity contribution in [3.05, 3.63) is 77.3 Å². The molecule has 0 bridgehead atoms. The lowest BCUT2D eigenvalue weighted by molar-refractivity contribution is -0.385. The van der Waals surface area contributed by atoms with Crippen molar-refractivity contribution >= 4 is 34.6 Å². The van der Waals surface area contributed by atoms with Gasteiger partial charge in [0.05, 0.1) is 29.1 Å². The maximum absolute atomic E-state index is 12.8. The summed E-state index contributed by atoms with van der Waals surface area (Å²) in [7, 11) is 2.47. The van der Waals surface area contributed by atoms with E-state index in [1.165, 1.54) is 24.9 Å². The smallest absolute Gasteiger partial charge is 0.421 e. The molecule has 0 unspecified atom stereocenters. The predicted octanol–water partition coefficient (Wildman–Crippen LogP) is 5.62. The van der Waals surface area contributed by atoms with Gasteiger partial charge in [-0.1, -0.05) is 23.2 Å². The van der Waals surface area contributed by atoms with E-state index >= 15 is 0 Å². The summed E-state index contributed by atoms with van der Waals surface area (Å²) in [5, 5.41) is 29.3. The van der Waals surface area contributed by atoms with Crippen LogP contribution in [0.25, 0.3) is 11.6 Å². The normalized spacial score (nSPS) is 11.1. The van der Waals surface area contributed by atoms with Crippen LogP contribution in [0.5, 0.6) is 11.8 Å². The standard InChI is InChI=1S/C11H8ClF3N4O3.C11H11ClN4O3/c1-5-8(19(20)21)4-16-18(5)9-7(12)3-6(11(13,14)15)10(17-9)22-2;1-6-4-8(12)11(19-3)14-10(6)15-7(2)9(5-13-15)16(17)18/h3-4H,1-2H3;4-5H,1-3H3. The summed E-state index contributed by atoms with van der Waals surface area (Å²) in [5.74, 6) is -0.201. The SMILES string of the molecule is COc1nc(-n2ncc([N+](=O)[O-])c2C)c(C)cc1Cl.COc1nc(-n2ncc([N+](=O)[O-])c2C)c(Cl)cc1C(F)(F)F. The first-order valence-electron chi connectivity index (χ1n) is 11.0. The average Bonchev–Trinajstić information content (AvgIpc) is 3.46. The molecule has 0 saturated heterocycles. The minimum atomic E-state index is -4.70. The molecule has 218 valence electrons. The number of alkyl halides is 3. The number of hydrogen-bond acceptors (Lipinski definition) is 10. The van der Waals surface area contributed by atoms with Gasteiger partial charge in [-0.2, -0.15) is 33.3 Å². The van der Waals surface area contributed by atoms with E-state index in [-0.39, 0.29) is 33.8 Å². The molecule has 0 spiro atoms. The molecule has 19 heteroatoms. The number of aryl methyl sites for hydroxylation is 1. The number of hydrogen-bond donors (Lipinski definition) is 0. The van der Waals surface area contributed by atoms with Gasteiger partial charge >= 0.3 is 17.6 Å². The Labute approximate surface area is 238 Å². The molecule has 41 heavy (non-hydrogen) atoms. The molecular weight excluding hydrogens is 600 g/mol. The van der Waals surface area contributed by atoms with Crippen molar-refractivity contribution in [1.82, 2.24) is 29.5 Å². The number of nitro groups is 2. The lowest BCUT2D eigenvalue weighted by Crippen LogP contribution is -2.12. The van der Waals surface area contributed by atoms with Crippen LogP contribution < -0.4 is 9.47 Å². The van der Waals surface area contributed by atoms with Gasteiger partial charge in [-0.15, -0.1) is 0 Å². The van der Waals surface area contributed by atoms with Crippen LogP contribution in [0.4, 0.5) is 24.5 Å². The quantitative estimate of drug-likeness (QED) is 0.195. The third-order valence-corrected chi connectivity index (χ3v) is 6.03. The van der Waals surface area contributed by atoms with E-state index < -0.39 is 27.5 Å². The van der Waals surface area contributed by atoms with Crippen LogP contribution in [0.3, 0.4) is 0 Å².